The maximum absolute atomic E-state index is 11.1. The Balaban J connectivity index is 2.79. The molecule has 21 heavy (non-hydrogen) atoms. The van der Waals surface area contributed by atoms with Crippen LogP contribution in [-0.2, 0) is 23.8 Å². The average Bonchev–Trinajstić information content (AvgIpc) is 2.34. The summed E-state index contributed by atoms with van der Waals surface area (Å²) in [6, 6.07) is 0. The molecule has 0 N–H and O–H groups in total. The predicted octanol–water partition coefficient (Wildman–Crippen LogP) is 1.69. The van der Waals surface area contributed by atoms with Gasteiger partial charge in [-0.2, -0.15) is 0 Å². The molecule has 0 amide bonds. The lowest BCUT2D eigenvalue weighted by molar-refractivity contribution is -0.161. The van der Waals surface area contributed by atoms with Gasteiger partial charge in [0.05, 0.1) is 0 Å². The predicted molar refractivity (Wildman–Crippen MR) is 81.1 cm³/mol. The van der Waals surface area contributed by atoms with Gasteiger partial charge in [-0.25, -0.2) is 0 Å². The monoisotopic (exact) mass is 310 g/mol. The van der Waals surface area contributed by atoms with Crippen LogP contribution in [-0.4, -0.2) is 44.9 Å². The Hall–Kier alpha value is -1.58. The van der Waals surface area contributed by atoms with Crippen molar-refractivity contribution in [3.05, 3.63) is 12.2 Å². The van der Waals surface area contributed by atoms with Crippen LogP contribution in [0.5, 0.6) is 0 Å². The van der Waals surface area contributed by atoms with E-state index in [0.717, 1.165) is 0 Å². The molecule has 0 saturated carbocycles. The second-order valence-corrected chi connectivity index (χ2v) is 10.6. The third kappa shape index (κ3) is 7.11. The molecule has 116 valence electrons. The van der Waals surface area contributed by atoms with Crippen LogP contribution in [0.15, 0.2) is 12.2 Å². The summed E-state index contributed by atoms with van der Waals surface area (Å²) in [5.41, 5.74) is 3.23. The van der Waals surface area contributed by atoms with E-state index in [-0.39, 0.29) is 12.7 Å². The van der Waals surface area contributed by atoms with E-state index in [2.05, 4.69) is 31.1 Å². The van der Waals surface area contributed by atoms with Gasteiger partial charge in [-0.05, 0) is 12.2 Å². The molecule has 0 aromatic heterocycles. The van der Waals surface area contributed by atoms with Crippen molar-refractivity contribution in [2.75, 3.05) is 6.61 Å². The van der Waals surface area contributed by atoms with Crippen molar-refractivity contribution >= 4 is 20.0 Å². The van der Waals surface area contributed by atoms with Crippen molar-refractivity contribution in [3.63, 3.8) is 0 Å². The van der Waals surface area contributed by atoms with Crippen molar-refractivity contribution < 1.29 is 23.8 Å². The third-order valence-corrected chi connectivity index (χ3v) is 3.40. The van der Waals surface area contributed by atoms with Gasteiger partial charge in [-0.1, -0.05) is 25.6 Å². The summed E-state index contributed by atoms with van der Waals surface area (Å²) >= 11 is 0. The topological polar surface area (TPSA) is 61.8 Å². The minimum absolute atomic E-state index is 0.0305. The Morgan fingerprint density at radius 1 is 1.19 bits per heavy atom. The Morgan fingerprint density at radius 2 is 1.86 bits per heavy atom. The van der Waals surface area contributed by atoms with E-state index >= 15 is 0 Å². The summed E-state index contributed by atoms with van der Waals surface area (Å²) in [5, 5.41) is 0. The zero-order valence-electron chi connectivity index (χ0n) is 13.1. The summed E-state index contributed by atoms with van der Waals surface area (Å²) in [4.78, 5) is 22.0. The van der Waals surface area contributed by atoms with Gasteiger partial charge in [0.1, 0.15) is 33.0 Å². The fourth-order valence-electron chi connectivity index (χ4n) is 1.66. The fourth-order valence-corrected chi connectivity index (χ4v) is 2.23. The second-order valence-electron chi connectivity index (χ2n) is 5.88. The normalized spacial score (nSPS) is 24.7. The molecule has 0 radical (unpaired) electrons. The number of hydrogen-bond donors (Lipinski definition) is 0. The van der Waals surface area contributed by atoms with Crippen LogP contribution < -0.4 is 0 Å². The number of hydrogen-bond acceptors (Lipinski definition) is 5. The van der Waals surface area contributed by atoms with Gasteiger partial charge in [0.2, 0.25) is 0 Å². The molecule has 0 spiro atoms. The van der Waals surface area contributed by atoms with Crippen molar-refractivity contribution in [1.29, 1.82) is 0 Å². The molecule has 1 heterocycles. The SMILES string of the molecule is CC(=O)OC[C@H]1O[C@H](C#C[Si](C)(C)C)C=C[C@@H]1OC(C)=O. The minimum Gasteiger partial charge on any atom is -0.463 e. The van der Waals surface area contributed by atoms with Gasteiger partial charge in [-0.3, -0.25) is 9.59 Å². The molecular weight excluding hydrogens is 288 g/mol. The van der Waals surface area contributed by atoms with Gasteiger partial charge in [0.25, 0.3) is 0 Å². The summed E-state index contributed by atoms with van der Waals surface area (Å²) in [5.74, 6) is 2.26. The van der Waals surface area contributed by atoms with Crippen LogP contribution >= 0.6 is 0 Å². The molecule has 0 saturated heterocycles. The molecule has 5 nitrogen and oxygen atoms in total. The quantitative estimate of drug-likeness (QED) is 0.343. The maximum atomic E-state index is 11.1. The van der Waals surface area contributed by atoms with E-state index in [0.29, 0.717) is 0 Å². The highest BCUT2D eigenvalue weighted by Crippen LogP contribution is 2.17. The van der Waals surface area contributed by atoms with Crippen molar-refractivity contribution in [2.45, 2.75) is 51.8 Å². The molecule has 0 unspecified atom stereocenters. The summed E-state index contributed by atoms with van der Waals surface area (Å²) in [7, 11) is -1.49. The number of carbonyl (C=O) groups excluding carboxylic acids is 2. The lowest BCUT2D eigenvalue weighted by atomic mass is 10.1. The molecule has 0 fully saturated rings. The van der Waals surface area contributed by atoms with Gasteiger partial charge in [0, 0.05) is 13.8 Å². The standard InChI is InChI=1S/C15H22O5Si/c1-11(16)18-10-15-14(19-12(2)17)7-6-13(20-15)8-9-21(3,4)5/h6-7,13-15H,10H2,1-5H3/t13-,14-,15+/m0/s1. The fraction of sp³-hybridized carbons (Fsp3) is 0.600. The number of rotatable bonds is 3. The van der Waals surface area contributed by atoms with Crippen LogP contribution in [0, 0.1) is 11.5 Å². The van der Waals surface area contributed by atoms with E-state index in [9.17, 15) is 9.59 Å². The molecule has 1 rings (SSSR count). The molecule has 1 aliphatic heterocycles. The number of esters is 2. The molecular formula is C15H22O5Si. The van der Waals surface area contributed by atoms with Crippen molar-refractivity contribution in [1.82, 2.24) is 0 Å². The third-order valence-electron chi connectivity index (χ3n) is 2.51. The number of ether oxygens (including phenoxy) is 3. The zero-order chi connectivity index (χ0) is 16.0. The van der Waals surface area contributed by atoms with Gasteiger partial charge >= 0.3 is 11.9 Å². The highest BCUT2D eigenvalue weighted by Gasteiger charge is 2.30. The Kier molecular flexibility index (Phi) is 6.18. The lowest BCUT2D eigenvalue weighted by Gasteiger charge is -2.29. The highest BCUT2D eigenvalue weighted by atomic mass is 28.3. The van der Waals surface area contributed by atoms with E-state index in [1.54, 1.807) is 12.2 Å². The molecule has 0 aromatic carbocycles. The molecule has 6 heteroatoms. The van der Waals surface area contributed by atoms with Gasteiger partial charge in [-0.15, -0.1) is 5.54 Å². The second kappa shape index (κ2) is 7.43. The lowest BCUT2D eigenvalue weighted by Crippen LogP contribution is -2.41. The van der Waals surface area contributed by atoms with E-state index in [1.807, 2.05) is 0 Å². The van der Waals surface area contributed by atoms with Gasteiger partial charge in [0.15, 0.2) is 0 Å². The van der Waals surface area contributed by atoms with E-state index < -0.39 is 32.2 Å². The minimum atomic E-state index is -1.49. The summed E-state index contributed by atoms with van der Waals surface area (Å²) in [6.45, 7) is 9.11. The van der Waals surface area contributed by atoms with Crippen LogP contribution in [0.1, 0.15) is 13.8 Å². The maximum Gasteiger partial charge on any atom is 0.303 e. The van der Waals surface area contributed by atoms with E-state index in [1.165, 1.54) is 13.8 Å². The zero-order valence-corrected chi connectivity index (χ0v) is 14.1. The highest BCUT2D eigenvalue weighted by molar-refractivity contribution is 6.83. The van der Waals surface area contributed by atoms with Gasteiger partial charge < -0.3 is 14.2 Å². The first-order valence-electron chi connectivity index (χ1n) is 6.84. The molecule has 0 aromatic rings. The first-order chi connectivity index (χ1) is 9.67. The Morgan fingerprint density at radius 3 is 2.38 bits per heavy atom. The smallest absolute Gasteiger partial charge is 0.303 e. The van der Waals surface area contributed by atoms with Crippen molar-refractivity contribution in [2.24, 2.45) is 0 Å². The van der Waals surface area contributed by atoms with Crippen LogP contribution in [0.4, 0.5) is 0 Å². The van der Waals surface area contributed by atoms with Crippen LogP contribution in [0.2, 0.25) is 19.6 Å². The van der Waals surface area contributed by atoms with Crippen LogP contribution in [0.3, 0.4) is 0 Å². The Bertz CT molecular complexity index is 481. The summed E-state index contributed by atoms with van der Waals surface area (Å²) < 4.78 is 15.9. The Labute approximate surface area is 126 Å². The van der Waals surface area contributed by atoms with Crippen molar-refractivity contribution in [3.8, 4) is 11.5 Å². The largest absolute Gasteiger partial charge is 0.463 e. The summed E-state index contributed by atoms with van der Waals surface area (Å²) in [6.07, 6.45) is 2.03. The van der Waals surface area contributed by atoms with Crippen LogP contribution in [0.25, 0.3) is 0 Å². The average molecular weight is 310 g/mol. The number of carbonyl (C=O) groups is 2. The molecule has 1 aliphatic rings. The molecule has 3 atom stereocenters. The molecule has 0 aliphatic carbocycles. The van der Waals surface area contributed by atoms with E-state index in [4.69, 9.17) is 14.2 Å². The first-order valence-corrected chi connectivity index (χ1v) is 10.3. The first kappa shape index (κ1) is 17.5. The molecule has 0 bridgehead atoms.